The standard InChI is InChI=1S/C23H24N2O3/c1-27-21-5-3-2-4-19(21)15-25-12-13-28-22-7-6-18(14-20(22)16-25)23(26)17-8-10-24-11-9-17/h2-11,14,23,26H,12-13,15-16H2,1H3. The third-order valence-corrected chi connectivity index (χ3v) is 5.07. The van der Waals surface area contributed by atoms with Gasteiger partial charge in [-0.1, -0.05) is 24.3 Å². The Morgan fingerprint density at radius 2 is 1.93 bits per heavy atom. The summed E-state index contributed by atoms with van der Waals surface area (Å²) in [4.78, 5) is 6.36. The van der Waals surface area contributed by atoms with Crippen LogP contribution in [0, 0.1) is 0 Å². The lowest BCUT2D eigenvalue weighted by Crippen LogP contribution is -2.25. The molecule has 0 bridgehead atoms. The van der Waals surface area contributed by atoms with Crippen LogP contribution in [0.4, 0.5) is 0 Å². The lowest BCUT2D eigenvalue weighted by molar-refractivity contribution is 0.217. The first-order valence-electron chi connectivity index (χ1n) is 9.42. The number of fused-ring (bicyclic) bond motifs is 1. The smallest absolute Gasteiger partial charge is 0.123 e. The molecule has 5 heteroatoms. The maximum absolute atomic E-state index is 10.7. The van der Waals surface area contributed by atoms with Crippen molar-refractivity contribution in [3.63, 3.8) is 0 Å². The average Bonchev–Trinajstić information content (AvgIpc) is 2.95. The van der Waals surface area contributed by atoms with E-state index in [-0.39, 0.29) is 0 Å². The zero-order valence-corrected chi connectivity index (χ0v) is 15.9. The van der Waals surface area contributed by atoms with Crippen LogP contribution in [0.25, 0.3) is 0 Å². The van der Waals surface area contributed by atoms with Crippen LogP contribution >= 0.6 is 0 Å². The first kappa shape index (κ1) is 18.5. The number of pyridine rings is 1. The Morgan fingerprint density at radius 1 is 1.11 bits per heavy atom. The van der Waals surface area contributed by atoms with Gasteiger partial charge in [-0.25, -0.2) is 0 Å². The number of ether oxygens (including phenoxy) is 2. The summed E-state index contributed by atoms with van der Waals surface area (Å²) < 4.78 is 11.4. The summed E-state index contributed by atoms with van der Waals surface area (Å²) in [5, 5.41) is 10.7. The number of hydrogen-bond donors (Lipinski definition) is 1. The van der Waals surface area contributed by atoms with Crippen LogP contribution in [-0.2, 0) is 13.1 Å². The summed E-state index contributed by atoms with van der Waals surface area (Å²) >= 11 is 0. The topological polar surface area (TPSA) is 54.8 Å². The summed E-state index contributed by atoms with van der Waals surface area (Å²) in [6.45, 7) is 3.00. The number of rotatable bonds is 5. The van der Waals surface area contributed by atoms with E-state index in [0.29, 0.717) is 6.61 Å². The average molecular weight is 376 g/mol. The Labute approximate surface area is 165 Å². The second-order valence-corrected chi connectivity index (χ2v) is 6.92. The second kappa shape index (κ2) is 8.42. The molecule has 1 unspecified atom stereocenters. The largest absolute Gasteiger partial charge is 0.496 e. The molecule has 0 fully saturated rings. The van der Waals surface area contributed by atoms with Gasteiger partial charge in [-0.2, -0.15) is 0 Å². The van der Waals surface area contributed by atoms with Gasteiger partial charge in [0.25, 0.3) is 0 Å². The normalized spacial score (nSPS) is 15.2. The van der Waals surface area contributed by atoms with Crippen molar-refractivity contribution in [2.24, 2.45) is 0 Å². The molecule has 1 aliphatic heterocycles. The van der Waals surface area contributed by atoms with Gasteiger partial charge in [0.05, 0.1) is 7.11 Å². The first-order valence-corrected chi connectivity index (χ1v) is 9.42. The SMILES string of the molecule is COc1ccccc1CN1CCOc2ccc(C(O)c3ccncc3)cc2C1. The molecular formula is C23H24N2O3. The van der Waals surface area contributed by atoms with Crippen LogP contribution in [0.1, 0.15) is 28.4 Å². The minimum atomic E-state index is -0.681. The molecule has 2 heterocycles. The highest BCUT2D eigenvalue weighted by molar-refractivity contribution is 5.41. The maximum Gasteiger partial charge on any atom is 0.123 e. The Hall–Kier alpha value is -2.89. The highest BCUT2D eigenvalue weighted by atomic mass is 16.5. The summed E-state index contributed by atoms with van der Waals surface area (Å²) in [5.41, 5.74) is 3.92. The Kier molecular flexibility index (Phi) is 5.55. The summed E-state index contributed by atoms with van der Waals surface area (Å²) in [7, 11) is 1.70. The van der Waals surface area contributed by atoms with Crippen LogP contribution in [0.3, 0.4) is 0 Å². The molecule has 1 N–H and O–H groups in total. The van der Waals surface area contributed by atoms with Crippen molar-refractivity contribution in [3.05, 3.63) is 89.2 Å². The van der Waals surface area contributed by atoms with E-state index in [1.165, 1.54) is 0 Å². The van der Waals surface area contributed by atoms with Crippen LogP contribution in [0.15, 0.2) is 67.0 Å². The Morgan fingerprint density at radius 3 is 2.75 bits per heavy atom. The van der Waals surface area contributed by atoms with E-state index in [1.807, 2.05) is 48.5 Å². The van der Waals surface area contributed by atoms with Gasteiger partial charge in [0, 0.05) is 43.2 Å². The number of benzene rings is 2. The number of methoxy groups -OCH3 is 1. The molecule has 0 saturated carbocycles. The van der Waals surface area contributed by atoms with Gasteiger partial charge in [0.15, 0.2) is 0 Å². The summed E-state index contributed by atoms with van der Waals surface area (Å²) in [6.07, 6.45) is 2.71. The van der Waals surface area contributed by atoms with Gasteiger partial charge < -0.3 is 14.6 Å². The predicted molar refractivity (Wildman–Crippen MR) is 107 cm³/mol. The minimum Gasteiger partial charge on any atom is -0.496 e. The predicted octanol–water partition coefficient (Wildman–Crippen LogP) is 3.57. The molecule has 1 aromatic heterocycles. The van der Waals surface area contributed by atoms with Gasteiger partial charge in [-0.05, 0) is 41.5 Å². The van der Waals surface area contributed by atoms with Crippen molar-refractivity contribution in [2.45, 2.75) is 19.2 Å². The van der Waals surface area contributed by atoms with Crippen molar-refractivity contribution >= 4 is 0 Å². The van der Waals surface area contributed by atoms with Crippen LogP contribution < -0.4 is 9.47 Å². The molecule has 28 heavy (non-hydrogen) atoms. The number of para-hydroxylation sites is 1. The van der Waals surface area contributed by atoms with E-state index in [1.54, 1.807) is 19.5 Å². The highest BCUT2D eigenvalue weighted by Gasteiger charge is 2.19. The fourth-order valence-electron chi connectivity index (χ4n) is 3.59. The number of aliphatic hydroxyl groups is 1. The third kappa shape index (κ3) is 4.01. The minimum absolute atomic E-state index is 0.633. The van der Waals surface area contributed by atoms with Crippen LogP contribution in [0.2, 0.25) is 0 Å². The Balaban J connectivity index is 1.57. The van der Waals surface area contributed by atoms with E-state index >= 15 is 0 Å². The van der Waals surface area contributed by atoms with Crippen molar-refractivity contribution in [3.8, 4) is 11.5 Å². The van der Waals surface area contributed by atoms with Crippen LogP contribution in [-0.4, -0.2) is 35.3 Å². The summed E-state index contributed by atoms with van der Waals surface area (Å²) in [5.74, 6) is 1.78. The maximum atomic E-state index is 10.7. The van der Waals surface area contributed by atoms with Gasteiger partial charge >= 0.3 is 0 Å². The molecule has 0 saturated heterocycles. The molecule has 144 valence electrons. The fraction of sp³-hybridized carbons (Fsp3) is 0.261. The van der Waals surface area contributed by atoms with Crippen molar-refractivity contribution in [1.29, 1.82) is 0 Å². The molecule has 1 aliphatic rings. The van der Waals surface area contributed by atoms with Gasteiger partial charge in [0.2, 0.25) is 0 Å². The van der Waals surface area contributed by atoms with Crippen molar-refractivity contribution in [1.82, 2.24) is 9.88 Å². The fourth-order valence-corrected chi connectivity index (χ4v) is 3.59. The lowest BCUT2D eigenvalue weighted by Gasteiger charge is -2.21. The van der Waals surface area contributed by atoms with Crippen molar-refractivity contribution < 1.29 is 14.6 Å². The number of nitrogens with zero attached hydrogens (tertiary/aromatic N) is 2. The molecule has 1 atom stereocenters. The molecule has 0 spiro atoms. The lowest BCUT2D eigenvalue weighted by atomic mass is 10.00. The quantitative estimate of drug-likeness (QED) is 0.738. The molecule has 5 nitrogen and oxygen atoms in total. The Bertz CT molecular complexity index is 930. The molecule has 3 aromatic rings. The molecule has 0 aliphatic carbocycles. The van der Waals surface area contributed by atoms with E-state index < -0.39 is 6.10 Å². The zero-order chi connectivity index (χ0) is 19.3. The van der Waals surface area contributed by atoms with Gasteiger partial charge in [-0.3, -0.25) is 9.88 Å². The molecular weight excluding hydrogens is 352 g/mol. The number of aromatic nitrogens is 1. The molecule has 0 amide bonds. The zero-order valence-electron chi connectivity index (χ0n) is 15.9. The molecule has 4 rings (SSSR count). The van der Waals surface area contributed by atoms with Gasteiger partial charge in [0.1, 0.15) is 24.2 Å². The highest BCUT2D eigenvalue weighted by Crippen LogP contribution is 2.30. The van der Waals surface area contributed by atoms with Gasteiger partial charge in [-0.15, -0.1) is 0 Å². The van der Waals surface area contributed by atoms with Crippen LogP contribution in [0.5, 0.6) is 11.5 Å². The third-order valence-electron chi connectivity index (χ3n) is 5.07. The number of aliphatic hydroxyl groups excluding tert-OH is 1. The summed E-state index contributed by atoms with van der Waals surface area (Å²) in [6, 6.07) is 17.7. The van der Waals surface area contributed by atoms with E-state index in [0.717, 1.165) is 53.4 Å². The number of hydrogen-bond acceptors (Lipinski definition) is 5. The molecule has 2 aromatic carbocycles. The van der Waals surface area contributed by atoms with E-state index in [4.69, 9.17) is 9.47 Å². The van der Waals surface area contributed by atoms with E-state index in [2.05, 4.69) is 16.0 Å². The van der Waals surface area contributed by atoms with Crippen molar-refractivity contribution in [2.75, 3.05) is 20.3 Å². The molecule has 0 radical (unpaired) electrons. The van der Waals surface area contributed by atoms with E-state index in [9.17, 15) is 5.11 Å². The monoisotopic (exact) mass is 376 g/mol. The first-order chi connectivity index (χ1) is 13.7. The second-order valence-electron chi connectivity index (χ2n) is 6.92.